The summed E-state index contributed by atoms with van der Waals surface area (Å²) in [6, 6.07) is 12.5. The van der Waals surface area contributed by atoms with E-state index in [0.717, 1.165) is 75.3 Å². The zero-order valence-corrected chi connectivity index (χ0v) is 72.3. The molecule has 10 aliphatic rings. The van der Waals surface area contributed by atoms with Crippen molar-refractivity contribution in [3.05, 3.63) is 103 Å². The maximum absolute atomic E-state index is 14.6. The normalized spacial score (nSPS) is 28.1. The van der Waals surface area contributed by atoms with Crippen LogP contribution in [-0.2, 0) is 81.2 Å². The van der Waals surface area contributed by atoms with Crippen LogP contribution in [0.15, 0.2) is 90.9 Å². The quantitative estimate of drug-likeness (QED) is 0.0455. The molecule has 14 atom stereocenters. The molecule has 0 radical (unpaired) electrons. The number of allylic oxidation sites excluding steroid dienone is 1. The van der Waals surface area contributed by atoms with Crippen LogP contribution in [0, 0.1) is 46.8 Å². The number of aliphatic carboxylic acids is 1. The monoisotopic (exact) mass is 1740 g/mol. The van der Waals surface area contributed by atoms with E-state index in [4.69, 9.17) is 48.4 Å². The van der Waals surface area contributed by atoms with Crippen LogP contribution < -0.4 is 44.8 Å². The Hall–Kier alpha value is -9.69. The number of quaternary nitrogens is 1. The van der Waals surface area contributed by atoms with E-state index in [-0.39, 0.29) is 78.4 Å². The number of sulfonamides is 2. The second-order valence-electron chi connectivity index (χ2n) is 35.6. The van der Waals surface area contributed by atoms with Crippen molar-refractivity contribution >= 4 is 99.8 Å². The number of benzene rings is 3. The lowest BCUT2D eigenvalue weighted by Gasteiger charge is -2.35. The molecule has 5 aromatic rings. The zero-order valence-electron chi connectivity index (χ0n) is 69.8. The van der Waals surface area contributed by atoms with Crippen LogP contribution in [0.25, 0.3) is 22.1 Å². The van der Waals surface area contributed by atoms with Gasteiger partial charge in [-0.3, -0.25) is 28.7 Å². The number of methoxy groups -OCH3 is 2. The Balaban J connectivity index is 0.000000184. The number of ketones is 1. The van der Waals surface area contributed by atoms with Gasteiger partial charge in [-0.1, -0.05) is 97.1 Å². The lowest BCUT2D eigenvalue weighted by atomic mass is 9.85. The van der Waals surface area contributed by atoms with Crippen molar-refractivity contribution in [3.8, 4) is 23.3 Å². The molecule has 4 aliphatic heterocycles. The molecule has 4 bridgehead atoms. The maximum atomic E-state index is 14.6. The van der Waals surface area contributed by atoms with Crippen LogP contribution in [-0.4, -0.2) is 210 Å². The van der Waals surface area contributed by atoms with Crippen LogP contribution in [0.1, 0.15) is 180 Å². The number of rotatable bonds is 15. The second-order valence-corrected chi connectivity index (χ2v) is 40.9. The smallest absolute Gasteiger partial charge is 0.408 e. The van der Waals surface area contributed by atoms with E-state index in [2.05, 4.69) is 39.0 Å². The minimum Gasteiger partial charge on any atom is -0.744 e. The molecule has 3 aromatic carbocycles. The second kappa shape index (κ2) is 36.8. The molecule has 6 aliphatic carbocycles. The topological polar surface area (TPSA) is 503 Å². The fourth-order valence-corrected chi connectivity index (χ4v) is 19.1. The van der Waals surface area contributed by atoms with Gasteiger partial charge in [-0.15, -0.1) is 13.2 Å². The number of Topliss-reactive ketones (excluding diaryl/α,β-unsaturated/α-hetero) is 1. The molecule has 0 spiro atoms. The Kier molecular flexibility index (Phi) is 28.0. The van der Waals surface area contributed by atoms with E-state index >= 15 is 0 Å². The highest BCUT2D eigenvalue weighted by Gasteiger charge is 2.63. The summed E-state index contributed by atoms with van der Waals surface area (Å²) >= 11 is 0. The van der Waals surface area contributed by atoms with Crippen LogP contribution in [0.4, 0.5) is 9.59 Å². The first-order valence-electron chi connectivity index (χ1n) is 41.1. The van der Waals surface area contributed by atoms with Crippen molar-refractivity contribution in [2.75, 3.05) is 27.3 Å². The highest BCUT2D eigenvalue weighted by atomic mass is 32.2. The van der Waals surface area contributed by atoms with Gasteiger partial charge in [0.1, 0.15) is 75.5 Å². The lowest BCUT2D eigenvalue weighted by Crippen LogP contribution is -2.72. The summed E-state index contributed by atoms with van der Waals surface area (Å²) in [7, 11) is -8.41. The lowest BCUT2D eigenvalue weighted by molar-refractivity contribution is -0.423. The van der Waals surface area contributed by atoms with Gasteiger partial charge in [0, 0.05) is 43.7 Å². The van der Waals surface area contributed by atoms with E-state index < -0.39 is 147 Å². The molecule has 6 saturated carbocycles. The number of nitrogens with one attached hydrogen (secondary N) is 4. The molecule has 2 aromatic heterocycles. The van der Waals surface area contributed by atoms with Crippen LogP contribution in [0.2, 0.25) is 0 Å². The average molecular weight is 1740 g/mol. The Labute approximate surface area is 704 Å². The number of ether oxygens (including phenoxy) is 6. The molecule has 0 unspecified atom stereocenters. The Morgan fingerprint density at radius 1 is 0.595 bits per heavy atom. The van der Waals surface area contributed by atoms with E-state index in [0.29, 0.717) is 102 Å². The van der Waals surface area contributed by atoms with E-state index in [9.17, 15) is 73.3 Å². The molecule has 660 valence electrons. The summed E-state index contributed by atoms with van der Waals surface area (Å²) < 4.78 is 119. The number of aryl methyl sites for hydroxylation is 3. The highest BCUT2D eigenvalue weighted by Crippen LogP contribution is 2.57. The van der Waals surface area contributed by atoms with Crippen molar-refractivity contribution in [1.82, 2.24) is 49.8 Å². The number of alkyl carbamates (subject to hydrolysis) is 2. The minimum absolute atomic E-state index is 0. The minimum atomic E-state index is -4.27. The molecule has 15 rings (SSSR count). The van der Waals surface area contributed by atoms with Gasteiger partial charge in [-0.2, -0.15) is 0 Å². The number of carbonyl (C=O) groups is 8. The van der Waals surface area contributed by atoms with Gasteiger partial charge in [-0.05, 0) is 155 Å². The number of carbonyl (C=O) groups excluding carboxylic acids is 7. The number of carboxylic acids is 1. The third-order valence-electron chi connectivity index (χ3n) is 24.0. The molecular formula is C84H113N11O23S3. The van der Waals surface area contributed by atoms with Crippen LogP contribution in [0.5, 0.6) is 23.3 Å². The molecule has 10 N–H and O–H groups in total. The SMILES string of the molecule is C=C[C@@H]1C[C@]1(CC(=O)[C@@H]1C[C@@H]2CN1C(=O)[C@H](C(C)(C)C)NC(=O)O[C@@H]1C[C@H]1CCCCCc1nc3ccc(OC)cc3nc1O2)C(=O)NS(=O)(=O)C1CC1.C=C[C@@H]1C[C@]1([NH3+])C(=O)NS(=O)(=O)C1CC1.COc1ccc2nc3c(nc2c1)O[C@@H]1C[C@@H](C(=O)O)N(C1)C(=O)[C@H](C(C)(C)C)NC(=O)O[C@@H]1C[C@H]1CCCCC3.Cc1ccc(S(=O)(=O)[O-])cc1.O. The number of hydrogen-bond donors (Lipinski definition) is 6. The third kappa shape index (κ3) is 22.6. The molecular weight excluding hydrogens is 1630 g/mol. The predicted molar refractivity (Wildman–Crippen MR) is 440 cm³/mol. The summed E-state index contributed by atoms with van der Waals surface area (Å²) in [4.78, 5) is 128. The first-order valence-corrected chi connectivity index (χ1v) is 45.6. The molecule has 34 nitrogen and oxygen atoms in total. The number of hydrogen-bond acceptors (Lipinski definition) is 25. The number of amides is 6. The Morgan fingerprint density at radius 3 is 1.43 bits per heavy atom. The molecule has 6 heterocycles. The molecule has 37 heteroatoms. The molecule has 8 fully saturated rings. The first kappa shape index (κ1) is 92.0. The average Bonchev–Trinajstić information content (AvgIpc) is 1.56. The van der Waals surface area contributed by atoms with Crippen molar-refractivity contribution in [2.24, 2.45) is 39.9 Å². The summed E-state index contributed by atoms with van der Waals surface area (Å²) in [5.74, 6) is -1.63. The van der Waals surface area contributed by atoms with Crippen molar-refractivity contribution in [2.45, 2.75) is 253 Å². The number of nitrogens with zero attached hydrogens (tertiary/aromatic N) is 6. The summed E-state index contributed by atoms with van der Waals surface area (Å²) in [5.41, 5.74) is 5.09. The number of carboxylic acid groups (broad SMARTS) is 1. The van der Waals surface area contributed by atoms with Gasteiger partial charge >= 0.3 is 18.2 Å². The van der Waals surface area contributed by atoms with Crippen LogP contribution >= 0.6 is 0 Å². The van der Waals surface area contributed by atoms with Gasteiger partial charge in [0.05, 0.1) is 76.2 Å². The van der Waals surface area contributed by atoms with Gasteiger partial charge in [0.2, 0.25) is 49.5 Å². The van der Waals surface area contributed by atoms with E-state index in [1.54, 1.807) is 50.6 Å². The third-order valence-corrected chi connectivity index (χ3v) is 28.5. The fraction of sp³-hybridized carbons (Fsp3) is 0.595. The number of aromatic nitrogens is 4. The zero-order chi connectivity index (χ0) is 86.9. The van der Waals surface area contributed by atoms with Crippen molar-refractivity contribution < 1.29 is 113 Å². The van der Waals surface area contributed by atoms with E-state index in [1.807, 2.05) is 72.7 Å². The first-order chi connectivity index (χ1) is 56.5. The molecule has 6 amide bonds. The fourth-order valence-electron chi connectivity index (χ4n) is 15.9. The van der Waals surface area contributed by atoms with Crippen molar-refractivity contribution in [1.29, 1.82) is 0 Å². The number of fused-ring (bicyclic) bond motifs is 10. The standard InChI is InChI=1S/C39H51N5O9S.C29H38N4O7.C9H14N2O3S.C7H8O3S.H2O/c1-6-23-19-39(23,36(47)43-54(49,50)26-13-14-26)20-31(45)30-18-25-21-44(30)35(46)33(38(2,3)4)42-37(48)53-32-16-22(32)10-8-7-9-11-28-34(52-25)41-29-17-24(51-5)12-15-27(29)40-28;1-29(2,3)24-26(34)33-15-18(14-22(33)27(35)36)39-25-20(30-19-11-10-17(38-4)13-21(19)31-25)9-7-5-6-8-16-12-23(16)40-28(37)32-24;1-2-6-5-9(6,10)8(12)11-15(13,14)7-3-4-7;1-6-2-4-7(5-3-6)11(8,9)10;/h6,12,15,17,22-23,25-26,30,32-33H,1,7-11,13-14,16,18-21H2,2-5H3,(H,42,48)(H,43,47);10-11,13,16,18,22-24H,5-9,12,14-15H2,1-4H3,(H,32,37)(H,35,36);2,6-7H,1,3-5,10H2,(H,11,12);2-5H,1H3,(H,8,9,10);1H2/t22-,23-,25-,30+,32-,33-,39-;16-,18-,22+,23-,24-;6-,9-;;/m111../s1. The van der Waals surface area contributed by atoms with Gasteiger partial charge in [-0.25, -0.2) is 64.3 Å². The van der Waals surface area contributed by atoms with Gasteiger partial charge in [0.15, 0.2) is 11.3 Å². The summed E-state index contributed by atoms with van der Waals surface area (Å²) in [6.45, 7) is 20.2. The van der Waals surface area contributed by atoms with Gasteiger partial charge in [0.25, 0.3) is 5.91 Å². The highest BCUT2D eigenvalue weighted by molar-refractivity contribution is 7.91. The summed E-state index contributed by atoms with van der Waals surface area (Å²) in [5, 5.41) is 14.6. The molecule has 121 heavy (non-hydrogen) atoms. The van der Waals surface area contributed by atoms with Crippen LogP contribution in [0.3, 0.4) is 0 Å². The molecule has 2 saturated heterocycles. The Morgan fingerprint density at radius 2 is 1.03 bits per heavy atom. The van der Waals surface area contributed by atoms with E-state index in [1.165, 1.54) is 21.9 Å². The summed E-state index contributed by atoms with van der Waals surface area (Å²) in [6.07, 6.45) is 13.5. The predicted octanol–water partition coefficient (Wildman–Crippen LogP) is 6.97. The van der Waals surface area contributed by atoms with Crippen molar-refractivity contribution in [3.63, 3.8) is 0 Å². The van der Waals surface area contributed by atoms with Gasteiger partial charge < -0.3 is 69.7 Å². The Bertz CT molecular complexity index is 5130. The largest absolute Gasteiger partial charge is 0.744 e. The maximum Gasteiger partial charge on any atom is 0.408 e.